The first-order valence-electron chi connectivity index (χ1n) is 6.76. The Morgan fingerprint density at radius 3 is 2.50 bits per heavy atom. The molecular formula is C13H25N3. The van der Waals surface area contributed by atoms with E-state index in [1.165, 1.54) is 38.5 Å². The molecule has 3 heteroatoms. The molecule has 3 nitrogen and oxygen atoms in total. The molecule has 92 valence electrons. The molecule has 0 aromatic rings. The molecule has 2 fully saturated rings. The smallest absolute Gasteiger partial charge is 0.191 e. The Labute approximate surface area is 99.1 Å². The second-order valence-electron chi connectivity index (χ2n) is 5.61. The second-order valence-corrected chi connectivity index (χ2v) is 5.61. The van der Waals surface area contributed by atoms with Crippen LogP contribution in [0.2, 0.25) is 0 Å². The Balaban J connectivity index is 1.98. The van der Waals surface area contributed by atoms with Gasteiger partial charge in [0, 0.05) is 12.6 Å². The van der Waals surface area contributed by atoms with Crippen molar-refractivity contribution in [2.45, 2.75) is 64.5 Å². The monoisotopic (exact) mass is 223 g/mol. The van der Waals surface area contributed by atoms with Crippen molar-refractivity contribution in [3.8, 4) is 0 Å². The van der Waals surface area contributed by atoms with Crippen LogP contribution < -0.4 is 5.73 Å². The summed E-state index contributed by atoms with van der Waals surface area (Å²) in [5, 5.41) is 0. The standard InChI is InChI=1S/C13H25N3/c1-10-7-8-11(2)16(9-10)13(14)15-12-5-3-4-6-12/h10-12H,3-9H2,1-2H3,(H2,14,15). The van der Waals surface area contributed by atoms with E-state index in [0.29, 0.717) is 12.1 Å². The van der Waals surface area contributed by atoms with Crippen molar-refractivity contribution >= 4 is 5.96 Å². The van der Waals surface area contributed by atoms with Crippen molar-refractivity contribution in [1.29, 1.82) is 0 Å². The zero-order valence-electron chi connectivity index (χ0n) is 10.7. The maximum atomic E-state index is 6.16. The maximum absolute atomic E-state index is 6.16. The SMILES string of the molecule is CC1CCC(C)N(C(N)=NC2CCCC2)C1. The summed E-state index contributed by atoms with van der Waals surface area (Å²) in [6.07, 6.45) is 7.70. The largest absolute Gasteiger partial charge is 0.370 e. The average Bonchev–Trinajstić information content (AvgIpc) is 2.74. The van der Waals surface area contributed by atoms with E-state index in [-0.39, 0.29) is 0 Å². The molecule has 0 aromatic heterocycles. The van der Waals surface area contributed by atoms with Crippen LogP contribution in [-0.4, -0.2) is 29.5 Å². The molecule has 1 saturated carbocycles. The summed E-state index contributed by atoms with van der Waals surface area (Å²) < 4.78 is 0. The Kier molecular flexibility index (Phi) is 3.72. The first-order chi connectivity index (χ1) is 7.66. The fourth-order valence-electron chi connectivity index (χ4n) is 2.90. The van der Waals surface area contributed by atoms with E-state index in [4.69, 9.17) is 10.7 Å². The zero-order chi connectivity index (χ0) is 11.5. The predicted molar refractivity (Wildman–Crippen MR) is 68.4 cm³/mol. The molecule has 0 amide bonds. The van der Waals surface area contributed by atoms with Crippen molar-refractivity contribution in [3.05, 3.63) is 0 Å². The molecule has 2 rings (SSSR count). The lowest BCUT2D eigenvalue weighted by Crippen LogP contribution is -2.48. The van der Waals surface area contributed by atoms with Gasteiger partial charge in [-0.05, 0) is 38.5 Å². The lowest BCUT2D eigenvalue weighted by atomic mass is 9.95. The first-order valence-corrected chi connectivity index (χ1v) is 6.76. The van der Waals surface area contributed by atoms with E-state index in [9.17, 15) is 0 Å². The van der Waals surface area contributed by atoms with Gasteiger partial charge in [-0.25, -0.2) is 4.99 Å². The number of hydrogen-bond acceptors (Lipinski definition) is 1. The van der Waals surface area contributed by atoms with E-state index < -0.39 is 0 Å². The molecule has 0 bridgehead atoms. The summed E-state index contributed by atoms with van der Waals surface area (Å²) in [5.41, 5.74) is 6.16. The highest BCUT2D eigenvalue weighted by Gasteiger charge is 2.25. The second kappa shape index (κ2) is 5.07. The molecule has 2 unspecified atom stereocenters. The predicted octanol–water partition coefficient (Wildman–Crippen LogP) is 2.36. The maximum Gasteiger partial charge on any atom is 0.191 e. The summed E-state index contributed by atoms with van der Waals surface area (Å²) in [7, 11) is 0. The van der Waals surface area contributed by atoms with Gasteiger partial charge in [-0.3, -0.25) is 0 Å². The molecule has 2 aliphatic rings. The average molecular weight is 223 g/mol. The van der Waals surface area contributed by atoms with Crippen LogP contribution in [-0.2, 0) is 0 Å². The fourth-order valence-corrected chi connectivity index (χ4v) is 2.90. The number of nitrogens with two attached hydrogens (primary N) is 1. The Bertz CT molecular complexity index is 256. The molecule has 0 radical (unpaired) electrons. The topological polar surface area (TPSA) is 41.6 Å². The molecule has 16 heavy (non-hydrogen) atoms. The molecule has 0 spiro atoms. The van der Waals surface area contributed by atoms with Gasteiger partial charge in [-0.15, -0.1) is 0 Å². The van der Waals surface area contributed by atoms with Gasteiger partial charge in [0.05, 0.1) is 6.04 Å². The first kappa shape index (κ1) is 11.7. The van der Waals surface area contributed by atoms with Crippen LogP contribution in [0.4, 0.5) is 0 Å². The van der Waals surface area contributed by atoms with Gasteiger partial charge in [0.2, 0.25) is 0 Å². The highest BCUT2D eigenvalue weighted by atomic mass is 15.3. The van der Waals surface area contributed by atoms with Crippen molar-refractivity contribution in [3.63, 3.8) is 0 Å². The van der Waals surface area contributed by atoms with Crippen LogP contribution in [0.5, 0.6) is 0 Å². The Morgan fingerprint density at radius 2 is 1.81 bits per heavy atom. The van der Waals surface area contributed by atoms with Crippen LogP contribution in [0.15, 0.2) is 4.99 Å². The molecule has 1 aliphatic heterocycles. The van der Waals surface area contributed by atoms with Gasteiger partial charge >= 0.3 is 0 Å². The fraction of sp³-hybridized carbons (Fsp3) is 0.923. The van der Waals surface area contributed by atoms with Crippen LogP contribution in [0, 0.1) is 5.92 Å². The van der Waals surface area contributed by atoms with Crippen LogP contribution in [0.1, 0.15) is 52.4 Å². The lowest BCUT2D eigenvalue weighted by molar-refractivity contribution is 0.204. The molecule has 1 aliphatic carbocycles. The summed E-state index contributed by atoms with van der Waals surface area (Å²) >= 11 is 0. The third-order valence-corrected chi connectivity index (χ3v) is 4.05. The number of aliphatic imine (C=N–C) groups is 1. The highest BCUT2D eigenvalue weighted by molar-refractivity contribution is 5.78. The number of hydrogen-bond donors (Lipinski definition) is 1. The van der Waals surface area contributed by atoms with Crippen molar-refractivity contribution in [2.75, 3.05) is 6.54 Å². The molecule has 0 aromatic carbocycles. The Hall–Kier alpha value is -0.730. The number of piperidine rings is 1. The minimum Gasteiger partial charge on any atom is -0.370 e. The summed E-state index contributed by atoms with van der Waals surface area (Å²) in [5.74, 6) is 1.56. The Morgan fingerprint density at radius 1 is 1.12 bits per heavy atom. The van der Waals surface area contributed by atoms with Crippen LogP contribution in [0.25, 0.3) is 0 Å². The normalized spacial score (nSPS) is 33.4. The summed E-state index contributed by atoms with van der Waals surface area (Å²) in [6.45, 7) is 5.66. The molecular weight excluding hydrogens is 198 g/mol. The number of guanidine groups is 1. The van der Waals surface area contributed by atoms with Gasteiger partial charge in [0.15, 0.2) is 5.96 Å². The third-order valence-electron chi connectivity index (χ3n) is 4.05. The molecule has 2 atom stereocenters. The number of likely N-dealkylation sites (tertiary alicyclic amines) is 1. The van der Waals surface area contributed by atoms with Crippen LogP contribution in [0.3, 0.4) is 0 Å². The molecule has 2 N–H and O–H groups in total. The summed E-state index contributed by atoms with van der Waals surface area (Å²) in [4.78, 5) is 7.02. The van der Waals surface area contributed by atoms with Gasteiger partial charge in [-0.1, -0.05) is 19.8 Å². The number of nitrogens with zero attached hydrogens (tertiary/aromatic N) is 2. The van der Waals surface area contributed by atoms with Crippen LogP contribution >= 0.6 is 0 Å². The van der Waals surface area contributed by atoms with E-state index in [2.05, 4.69) is 18.7 Å². The van der Waals surface area contributed by atoms with Gasteiger partial charge < -0.3 is 10.6 Å². The van der Waals surface area contributed by atoms with Gasteiger partial charge in [0.25, 0.3) is 0 Å². The highest BCUT2D eigenvalue weighted by Crippen LogP contribution is 2.24. The van der Waals surface area contributed by atoms with E-state index in [0.717, 1.165) is 18.4 Å². The zero-order valence-corrected chi connectivity index (χ0v) is 10.7. The van der Waals surface area contributed by atoms with Crippen molar-refractivity contribution < 1.29 is 0 Å². The lowest BCUT2D eigenvalue weighted by Gasteiger charge is -2.37. The van der Waals surface area contributed by atoms with E-state index >= 15 is 0 Å². The minimum atomic E-state index is 0.504. The van der Waals surface area contributed by atoms with E-state index in [1.54, 1.807) is 0 Å². The minimum absolute atomic E-state index is 0.504. The van der Waals surface area contributed by atoms with Gasteiger partial charge in [-0.2, -0.15) is 0 Å². The number of rotatable bonds is 1. The molecule has 1 heterocycles. The third kappa shape index (κ3) is 2.69. The summed E-state index contributed by atoms with van der Waals surface area (Å²) in [6, 6.07) is 1.07. The molecule has 1 saturated heterocycles. The van der Waals surface area contributed by atoms with Gasteiger partial charge in [0.1, 0.15) is 0 Å². The quantitative estimate of drug-likeness (QED) is 0.548. The van der Waals surface area contributed by atoms with Crippen molar-refractivity contribution in [2.24, 2.45) is 16.6 Å². The van der Waals surface area contributed by atoms with Crippen molar-refractivity contribution in [1.82, 2.24) is 4.90 Å². The van der Waals surface area contributed by atoms with E-state index in [1.807, 2.05) is 0 Å².